The maximum Gasteiger partial charge on any atom is 0.274 e. The molecular formula is C26H30N4O4S. The second-order valence-electron chi connectivity index (χ2n) is 9.63. The summed E-state index contributed by atoms with van der Waals surface area (Å²) in [6, 6.07) is 3.48. The summed E-state index contributed by atoms with van der Waals surface area (Å²) < 4.78 is 7.89. The number of fused-ring (bicyclic) bond motifs is 1. The van der Waals surface area contributed by atoms with Crippen LogP contribution in [0.3, 0.4) is 0 Å². The van der Waals surface area contributed by atoms with E-state index in [4.69, 9.17) is 4.74 Å². The number of pyridine rings is 2. The fourth-order valence-corrected chi connectivity index (χ4v) is 4.99. The smallest absolute Gasteiger partial charge is 0.274 e. The summed E-state index contributed by atoms with van der Waals surface area (Å²) in [5.41, 5.74) is 1.79. The number of aromatic nitrogens is 3. The molecule has 35 heavy (non-hydrogen) atoms. The number of rotatable bonds is 6. The molecule has 0 aliphatic heterocycles. The molecular weight excluding hydrogens is 464 g/mol. The van der Waals surface area contributed by atoms with Crippen LogP contribution in [-0.4, -0.2) is 31.6 Å². The lowest BCUT2D eigenvalue weighted by molar-refractivity contribution is 0.0824. The number of carbonyl (C=O) groups is 1. The van der Waals surface area contributed by atoms with Crippen molar-refractivity contribution in [2.75, 3.05) is 0 Å². The fraction of sp³-hybridized carbons (Fsp3) is 0.346. The average molecular weight is 495 g/mol. The van der Waals surface area contributed by atoms with E-state index in [1.165, 1.54) is 15.9 Å². The third-order valence-corrected chi connectivity index (χ3v) is 7.10. The first-order valence-corrected chi connectivity index (χ1v) is 12.2. The molecule has 0 atom stereocenters. The van der Waals surface area contributed by atoms with Gasteiger partial charge in [0.2, 0.25) is 0 Å². The number of aliphatic hydroxyl groups is 1. The van der Waals surface area contributed by atoms with Crippen LogP contribution in [0.15, 0.2) is 35.5 Å². The van der Waals surface area contributed by atoms with Gasteiger partial charge in [-0.05, 0) is 53.7 Å². The highest BCUT2D eigenvalue weighted by atomic mass is 32.1. The van der Waals surface area contributed by atoms with E-state index in [-0.39, 0.29) is 17.5 Å². The summed E-state index contributed by atoms with van der Waals surface area (Å²) in [4.78, 5) is 34.3. The first-order chi connectivity index (χ1) is 16.4. The zero-order valence-electron chi connectivity index (χ0n) is 20.9. The summed E-state index contributed by atoms with van der Waals surface area (Å²) >= 11 is 1.39. The quantitative estimate of drug-likeness (QED) is 0.358. The van der Waals surface area contributed by atoms with E-state index in [0.29, 0.717) is 33.0 Å². The Morgan fingerprint density at radius 1 is 1.23 bits per heavy atom. The van der Waals surface area contributed by atoms with Crippen LogP contribution in [0.25, 0.3) is 21.3 Å². The first kappa shape index (κ1) is 24.7. The van der Waals surface area contributed by atoms with Gasteiger partial charge in [-0.25, -0.2) is 0 Å². The Morgan fingerprint density at radius 3 is 2.49 bits per heavy atom. The number of aryl methyl sites for hydroxylation is 3. The van der Waals surface area contributed by atoms with Crippen LogP contribution in [-0.2, 0) is 12.6 Å². The number of hydrogen-bond acceptors (Lipinski definition) is 6. The van der Waals surface area contributed by atoms with Gasteiger partial charge in [-0.1, -0.05) is 0 Å². The molecule has 0 spiro atoms. The molecule has 0 aliphatic rings. The van der Waals surface area contributed by atoms with E-state index in [0.717, 1.165) is 21.6 Å². The van der Waals surface area contributed by atoms with Crippen LogP contribution in [0.4, 0.5) is 0 Å². The normalized spacial score (nSPS) is 11.9. The Balaban J connectivity index is 1.96. The number of ether oxygens (including phenoxy) is 1. The second kappa shape index (κ2) is 8.98. The predicted octanol–water partition coefficient (Wildman–Crippen LogP) is 4.76. The molecule has 8 nitrogen and oxygen atoms in total. The molecule has 0 aliphatic carbocycles. The van der Waals surface area contributed by atoms with Crippen molar-refractivity contribution in [3.8, 4) is 21.9 Å². The van der Waals surface area contributed by atoms with Gasteiger partial charge < -0.3 is 24.7 Å². The van der Waals surface area contributed by atoms with E-state index in [2.05, 4.69) is 15.3 Å². The molecule has 0 unspecified atom stereocenters. The van der Waals surface area contributed by atoms with Gasteiger partial charge in [0.15, 0.2) is 0 Å². The highest BCUT2D eigenvalue weighted by molar-refractivity contribution is 7.16. The van der Waals surface area contributed by atoms with E-state index >= 15 is 0 Å². The van der Waals surface area contributed by atoms with Crippen LogP contribution in [0.5, 0.6) is 11.5 Å². The van der Waals surface area contributed by atoms with Crippen molar-refractivity contribution < 1.29 is 14.6 Å². The number of H-pyrrole nitrogens is 1. The molecule has 4 rings (SSSR count). The van der Waals surface area contributed by atoms with Gasteiger partial charge >= 0.3 is 0 Å². The number of nitrogens with zero attached hydrogens (tertiary/aromatic N) is 2. The summed E-state index contributed by atoms with van der Waals surface area (Å²) in [7, 11) is 1.67. The van der Waals surface area contributed by atoms with Gasteiger partial charge in [0.05, 0.1) is 10.5 Å². The van der Waals surface area contributed by atoms with Crippen molar-refractivity contribution >= 4 is 28.1 Å². The number of thiophene rings is 1. The van der Waals surface area contributed by atoms with Gasteiger partial charge in [0.1, 0.15) is 22.7 Å². The monoisotopic (exact) mass is 494 g/mol. The Hall–Kier alpha value is -3.43. The molecule has 3 N–H and O–H groups in total. The number of carbonyl (C=O) groups excluding carboxylic acids is 1. The van der Waals surface area contributed by atoms with Crippen molar-refractivity contribution in [3.05, 3.63) is 62.8 Å². The summed E-state index contributed by atoms with van der Waals surface area (Å²) in [6.07, 6.45) is 5.21. The van der Waals surface area contributed by atoms with E-state index < -0.39 is 5.60 Å². The standard InChI is InChI=1S/C26H30N4O4S/c1-13(2)28-24(31)18-8-16-17(12-30(7)25(32)21(16)29-18)23-19(9-20(35-23)26(5,6)33)34-22-14(3)10-27-11-15(22)4/h8-13,29,33H,1-7H3,(H,28,31). The SMILES string of the molecule is Cc1cncc(C)c1Oc1cc(C(C)(C)O)sc1-c1cn(C)c(=O)c2[nH]c(C(=O)NC(C)C)cc12. The number of nitrogens with one attached hydrogen (secondary N) is 2. The molecule has 0 radical (unpaired) electrons. The molecule has 184 valence electrons. The molecule has 4 heterocycles. The van der Waals surface area contributed by atoms with E-state index in [1.807, 2.05) is 33.8 Å². The Labute approximate surface area is 207 Å². The topological polar surface area (TPSA) is 109 Å². The third kappa shape index (κ3) is 4.74. The fourth-order valence-electron chi connectivity index (χ4n) is 3.88. The van der Waals surface area contributed by atoms with Crippen LogP contribution in [0.1, 0.15) is 54.2 Å². The number of hydrogen-bond donors (Lipinski definition) is 3. The predicted molar refractivity (Wildman–Crippen MR) is 138 cm³/mol. The Kier molecular flexibility index (Phi) is 6.33. The number of amides is 1. The van der Waals surface area contributed by atoms with Gasteiger partial charge in [-0.3, -0.25) is 14.6 Å². The van der Waals surface area contributed by atoms with Crippen LogP contribution >= 0.6 is 11.3 Å². The van der Waals surface area contributed by atoms with Gasteiger partial charge in [-0.15, -0.1) is 11.3 Å². The molecule has 0 bridgehead atoms. The first-order valence-electron chi connectivity index (χ1n) is 11.4. The Bertz CT molecular complexity index is 1470. The third-order valence-electron chi connectivity index (χ3n) is 5.64. The molecule has 1 amide bonds. The highest BCUT2D eigenvalue weighted by Gasteiger charge is 2.26. The van der Waals surface area contributed by atoms with E-state index in [1.54, 1.807) is 45.6 Å². The lowest BCUT2D eigenvalue weighted by Gasteiger charge is -2.14. The van der Waals surface area contributed by atoms with Crippen LogP contribution in [0, 0.1) is 13.8 Å². The van der Waals surface area contributed by atoms with Crippen molar-refractivity contribution in [1.82, 2.24) is 19.9 Å². The summed E-state index contributed by atoms with van der Waals surface area (Å²) in [5.74, 6) is 0.958. The maximum atomic E-state index is 12.9. The van der Waals surface area contributed by atoms with E-state index in [9.17, 15) is 14.7 Å². The van der Waals surface area contributed by atoms with Crippen LogP contribution in [0.2, 0.25) is 0 Å². The minimum Gasteiger partial charge on any atom is -0.455 e. The minimum atomic E-state index is -1.09. The molecule has 0 saturated carbocycles. The summed E-state index contributed by atoms with van der Waals surface area (Å²) in [6.45, 7) is 11.0. The van der Waals surface area contributed by atoms with Crippen molar-refractivity contribution in [3.63, 3.8) is 0 Å². The molecule has 0 fully saturated rings. The second-order valence-corrected chi connectivity index (χ2v) is 10.7. The molecule has 4 aromatic rings. The van der Waals surface area contributed by atoms with Gasteiger partial charge in [0.25, 0.3) is 11.5 Å². The minimum absolute atomic E-state index is 0.0466. The molecule has 9 heteroatoms. The summed E-state index contributed by atoms with van der Waals surface area (Å²) in [5, 5.41) is 14.2. The largest absolute Gasteiger partial charge is 0.455 e. The molecule has 4 aromatic heterocycles. The number of aromatic amines is 1. The average Bonchev–Trinajstić information content (AvgIpc) is 3.38. The van der Waals surface area contributed by atoms with Crippen molar-refractivity contribution in [1.29, 1.82) is 0 Å². The molecule has 0 saturated heterocycles. The maximum absolute atomic E-state index is 12.9. The van der Waals surface area contributed by atoms with Crippen molar-refractivity contribution in [2.24, 2.45) is 7.05 Å². The van der Waals surface area contributed by atoms with Crippen molar-refractivity contribution in [2.45, 2.75) is 53.2 Å². The van der Waals surface area contributed by atoms with Gasteiger partial charge in [0, 0.05) is 58.6 Å². The zero-order valence-corrected chi connectivity index (χ0v) is 21.8. The highest BCUT2D eigenvalue weighted by Crippen LogP contribution is 2.46. The molecule has 0 aromatic carbocycles. The van der Waals surface area contributed by atoms with Crippen LogP contribution < -0.4 is 15.6 Å². The lowest BCUT2D eigenvalue weighted by Crippen LogP contribution is -2.30. The zero-order chi connectivity index (χ0) is 25.7. The lowest BCUT2D eigenvalue weighted by atomic mass is 10.1. The Morgan fingerprint density at radius 2 is 1.89 bits per heavy atom. The van der Waals surface area contributed by atoms with Gasteiger partial charge in [-0.2, -0.15) is 0 Å².